The molecule has 2 aromatic rings. The minimum absolute atomic E-state index is 0.0782. The summed E-state index contributed by atoms with van der Waals surface area (Å²) in [6.07, 6.45) is 0. The summed E-state index contributed by atoms with van der Waals surface area (Å²) >= 11 is 5.80. The number of rotatable bonds is 5. The van der Waals surface area contributed by atoms with Gasteiger partial charge in [0.15, 0.2) is 0 Å². The highest BCUT2D eigenvalue weighted by Gasteiger charge is 2.06. The second-order valence-corrected chi connectivity index (χ2v) is 3.84. The van der Waals surface area contributed by atoms with Crippen LogP contribution in [0.1, 0.15) is 20.8 Å². The van der Waals surface area contributed by atoms with Crippen molar-refractivity contribution in [1.29, 1.82) is 0 Å². The number of hydrogen-bond donors (Lipinski definition) is 1. The lowest BCUT2D eigenvalue weighted by Gasteiger charge is -2.07. The van der Waals surface area contributed by atoms with Crippen LogP contribution in [-0.2, 0) is 0 Å². The van der Waals surface area contributed by atoms with Gasteiger partial charge in [-0.2, -0.15) is 15.0 Å². The first-order valence-electron chi connectivity index (χ1n) is 6.66. The van der Waals surface area contributed by atoms with Crippen molar-refractivity contribution < 1.29 is 9.47 Å². The molecule has 1 N–H and O–H groups in total. The van der Waals surface area contributed by atoms with Crippen molar-refractivity contribution >= 4 is 23.2 Å². The van der Waals surface area contributed by atoms with Gasteiger partial charge in [-0.05, 0) is 42.8 Å². The van der Waals surface area contributed by atoms with Crippen LogP contribution in [0.5, 0.6) is 11.8 Å². The van der Waals surface area contributed by atoms with Crippen LogP contribution < -0.4 is 14.8 Å². The predicted molar refractivity (Wildman–Crippen MR) is 83.6 cm³/mol. The molecule has 6 nitrogen and oxygen atoms in total. The minimum Gasteiger partial charge on any atom is -0.497 e. The zero-order valence-electron chi connectivity index (χ0n) is 12.6. The average molecular weight is 311 g/mol. The van der Waals surface area contributed by atoms with E-state index in [-0.39, 0.29) is 11.3 Å². The normalized spacial score (nSPS) is 9.38. The van der Waals surface area contributed by atoms with Gasteiger partial charge in [-0.15, -0.1) is 0 Å². The summed E-state index contributed by atoms with van der Waals surface area (Å²) in [6, 6.07) is 7.54. The highest BCUT2D eigenvalue weighted by molar-refractivity contribution is 6.28. The minimum atomic E-state index is 0.0782. The molecule has 0 atom stereocenters. The average Bonchev–Trinajstić information content (AvgIpc) is 2.50. The smallest absolute Gasteiger partial charge is 0.322 e. The summed E-state index contributed by atoms with van der Waals surface area (Å²) in [5.41, 5.74) is 0.811. The lowest BCUT2D eigenvalue weighted by atomic mass is 10.3. The molecular formula is C14H19ClN4O2. The van der Waals surface area contributed by atoms with E-state index in [1.165, 1.54) is 0 Å². The number of ether oxygens (including phenoxy) is 2. The predicted octanol–water partition coefficient (Wildman–Crippen LogP) is 3.70. The van der Waals surface area contributed by atoms with Crippen molar-refractivity contribution in [2.75, 3.05) is 19.0 Å². The molecule has 0 amide bonds. The van der Waals surface area contributed by atoms with Crippen LogP contribution in [0.4, 0.5) is 11.6 Å². The first kappa shape index (κ1) is 17.0. The Hall–Kier alpha value is -2.08. The zero-order valence-corrected chi connectivity index (χ0v) is 13.3. The molecule has 1 heterocycles. The molecule has 21 heavy (non-hydrogen) atoms. The molecule has 1 aromatic carbocycles. The fourth-order valence-electron chi connectivity index (χ4n) is 1.38. The summed E-state index contributed by atoms with van der Waals surface area (Å²) in [7, 11) is 1.61. The Labute approximate surface area is 129 Å². The van der Waals surface area contributed by atoms with Crippen LogP contribution in [0.2, 0.25) is 5.28 Å². The van der Waals surface area contributed by atoms with Crippen molar-refractivity contribution in [3.8, 4) is 11.8 Å². The Bertz CT molecular complexity index is 549. The van der Waals surface area contributed by atoms with Crippen molar-refractivity contribution in [3.05, 3.63) is 29.5 Å². The molecule has 0 radical (unpaired) electrons. The van der Waals surface area contributed by atoms with Crippen LogP contribution in [-0.4, -0.2) is 28.7 Å². The maximum atomic E-state index is 5.80. The van der Waals surface area contributed by atoms with Crippen LogP contribution in [0.15, 0.2) is 24.3 Å². The van der Waals surface area contributed by atoms with E-state index in [1.54, 1.807) is 7.11 Å². The van der Waals surface area contributed by atoms with Gasteiger partial charge in [0.2, 0.25) is 11.2 Å². The molecule has 0 spiro atoms. The summed E-state index contributed by atoms with van der Waals surface area (Å²) < 4.78 is 10.3. The van der Waals surface area contributed by atoms with Crippen molar-refractivity contribution in [1.82, 2.24) is 15.0 Å². The number of aromatic nitrogens is 3. The summed E-state index contributed by atoms with van der Waals surface area (Å²) in [5, 5.41) is 3.09. The molecule has 0 unspecified atom stereocenters. The van der Waals surface area contributed by atoms with Crippen LogP contribution in [0, 0.1) is 0 Å². The molecule has 2 rings (SSSR count). The number of nitrogens with zero attached hydrogens (tertiary/aromatic N) is 3. The van der Waals surface area contributed by atoms with Gasteiger partial charge < -0.3 is 14.8 Å². The lowest BCUT2D eigenvalue weighted by Crippen LogP contribution is -2.03. The van der Waals surface area contributed by atoms with Gasteiger partial charge in [-0.25, -0.2) is 0 Å². The Morgan fingerprint density at radius 2 is 1.76 bits per heavy atom. The Morgan fingerprint density at radius 3 is 2.33 bits per heavy atom. The van der Waals surface area contributed by atoms with Crippen LogP contribution in [0.25, 0.3) is 0 Å². The van der Waals surface area contributed by atoms with Gasteiger partial charge >= 0.3 is 6.01 Å². The van der Waals surface area contributed by atoms with Gasteiger partial charge in [0.25, 0.3) is 0 Å². The van der Waals surface area contributed by atoms with E-state index in [2.05, 4.69) is 20.3 Å². The first-order valence-corrected chi connectivity index (χ1v) is 7.04. The van der Waals surface area contributed by atoms with Gasteiger partial charge in [-0.3, -0.25) is 0 Å². The Kier molecular flexibility index (Phi) is 7.25. The van der Waals surface area contributed by atoms with E-state index in [4.69, 9.17) is 21.1 Å². The topological polar surface area (TPSA) is 69.2 Å². The monoisotopic (exact) mass is 310 g/mol. The van der Waals surface area contributed by atoms with E-state index >= 15 is 0 Å². The third-order valence-corrected chi connectivity index (χ3v) is 2.38. The van der Waals surface area contributed by atoms with Gasteiger partial charge in [0.1, 0.15) is 5.75 Å². The molecule has 0 aliphatic rings. The standard InChI is InChI=1S/C12H13ClN4O2.C2H6/c1-3-19-12-16-10(13)15-11(17-12)14-8-4-6-9(18-2)7-5-8;1-2/h4-7H,3H2,1-2H3,(H,14,15,16,17);1-2H3. The summed E-state index contributed by atoms with van der Waals surface area (Å²) in [6.45, 7) is 6.30. The highest BCUT2D eigenvalue weighted by Crippen LogP contribution is 2.19. The molecule has 0 bridgehead atoms. The number of nitrogens with one attached hydrogen (secondary N) is 1. The van der Waals surface area contributed by atoms with Crippen molar-refractivity contribution in [2.45, 2.75) is 20.8 Å². The molecule has 0 aliphatic heterocycles. The number of anilines is 2. The van der Waals surface area contributed by atoms with E-state index < -0.39 is 0 Å². The second kappa shape index (κ2) is 8.97. The van der Waals surface area contributed by atoms with Crippen molar-refractivity contribution in [3.63, 3.8) is 0 Å². The van der Waals surface area contributed by atoms with Crippen LogP contribution >= 0.6 is 11.6 Å². The molecule has 0 fully saturated rings. The van der Waals surface area contributed by atoms with Gasteiger partial charge in [0.05, 0.1) is 13.7 Å². The maximum absolute atomic E-state index is 5.80. The highest BCUT2D eigenvalue weighted by atomic mass is 35.5. The number of hydrogen-bond acceptors (Lipinski definition) is 6. The number of methoxy groups -OCH3 is 1. The molecule has 0 saturated heterocycles. The molecule has 1 aromatic heterocycles. The third-order valence-electron chi connectivity index (χ3n) is 2.21. The molecule has 0 aliphatic carbocycles. The largest absolute Gasteiger partial charge is 0.497 e. The lowest BCUT2D eigenvalue weighted by molar-refractivity contribution is 0.312. The molecule has 114 valence electrons. The third kappa shape index (κ3) is 5.43. The number of benzene rings is 1. The fraction of sp³-hybridized carbons (Fsp3) is 0.357. The molecule has 7 heteroatoms. The molecule has 0 saturated carbocycles. The van der Waals surface area contributed by atoms with Crippen LogP contribution in [0.3, 0.4) is 0 Å². The van der Waals surface area contributed by atoms with E-state index in [1.807, 2.05) is 45.0 Å². The maximum Gasteiger partial charge on any atom is 0.322 e. The van der Waals surface area contributed by atoms with Crippen molar-refractivity contribution in [2.24, 2.45) is 0 Å². The van der Waals surface area contributed by atoms with Gasteiger partial charge in [0, 0.05) is 5.69 Å². The first-order chi connectivity index (χ1) is 10.2. The fourth-order valence-corrected chi connectivity index (χ4v) is 1.54. The van der Waals surface area contributed by atoms with E-state index in [0.29, 0.717) is 12.6 Å². The quantitative estimate of drug-likeness (QED) is 0.908. The Morgan fingerprint density at radius 1 is 1.10 bits per heavy atom. The Balaban J connectivity index is 0.00000106. The van der Waals surface area contributed by atoms with E-state index in [0.717, 1.165) is 11.4 Å². The SMILES string of the molecule is CC.CCOc1nc(Cl)nc(Nc2ccc(OC)cc2)n1. The van der Waals surface area contributed by atoms with Gasteiger partial charge in [-0.1, -0.05) is 13.8 Å². The summed E-state index contributed by atoms with van der Waals surface area (Å²) in [5.74, 6) is 1.10. The van der Waals surface area contributed by atoms with E-state index in [9.17, 15) is 0 Å². The number of halogens is 1. The summed E-state index contributed by atoms with van der Waals surface area (Å²) in [4.78, 5) is 11.9. The molecular weight excluding hydrogens is 292 g/mol. The zero-order chi connectivity index (χ0) is 15.7. The second-order valence-electron chi connectivity index (χ2n) is 3.50.